The molecule has 106 valence electrons. The first-order valence-electron chi connectivity index (χ1n) is 6.07. The summed E-state index contributed by atoms with van der Waals surface area (Å²) in [5.41, 5.74) is 2.39. The highest BCUT2D eigenvalue weighted by atomic mass is 35.5. The van der Waals surface area contributed by atoms with E-state index in [2.05, 4.69) is 5.32 Å². The largest absolute Gasteiger partial charge is 0.508 e. The normalized spacial score (nSPS) is 10.4. The van der Waals surface area contributed by atoms with Crippen molar-refractivity contribution >= 4 is 28.9 Å². The van der Waals surface area contributed by atoms with E-state index in [1.165, 1.54) is 0 Å². The number of phenols is 1. The third kappa shape index (κ3) is 3.11. The number of ether oxygens (including phenoxy) is 1. The number of halogens is 2. The standard InChI is InChI=1S/C15H15Cl2NO2/c1-9-6-13(15(20-2)7-12(9)17)18-8-10-11(16)4-3-5-14(10)19/h3-7,18-19H,8H2,1-2H3. The molecular formula is C15H15Cl2NO2. The first-order valence-corrected chi connectivity index (χ1v) is 6.83. The number of hydrogen-bond donors (Lipinski definition) is 2. The van der Waals surface area contributed by atoms with Gasteiger partial charge in [0.1, 0.15) is 11.5 Å². The second kappa shape index (κ2) is 6.25. The van der Waals surface area contributed by atoms with Gasteiger partial charge in [-0.3, -0.25) is 0 Å². The number of hydrogen-bond acceptors (Lipinski definition) is 3. The Hall–Kier alpha value is -1.58. The Kier molecular flexibility index (Phi) is 4.63. The van der Waals surface area contributed by atoms with Gasteiger partial charge in [-0.2, -0.15) is 0 Å². The molecule has 2 aromatic carbocycles. The average molecular weight is 312 g/mol. The summed E-state index contributed by atoms with van der Waals surface area (Å²) in [6.07, 6.45) is 0. The van der Waals surface area contributed by atoms with Crippen molar-refractivity contribution in [2.75, 3.05) is 12.4 Å². The fourth-order valence-corrected chi connectivity index (χ4v) is 2.27. The number of phenolic OH excluding ortho intramolecular Hbond substituents is 1. The van der Waals surface area contributed by atoms with E-state index in [0.29, 0.717) is 27.9 Å². The van der Waals surface area contributed by atoms with Crippen LogP contribution in [0.4, 0.5) is 5.69 Å². The van der Waals surface area contributed by atoms with Gasteiger partial charge in [-0.1, -0.05) is 29.3 Å². The zero-order valence-electron chi connectivity index (χ0n) is 11.2. The minimum Gasteiger partial charge on any atom is -0.508 e. The lowest BCUT2D eigenvalue weighted by atomic mass is 10.1. The summed E-state index contributed by atoms with van der Waals surface area (Å²) in [4.78, 5) is 0. The maximum atomic E-state index is 9.82. The molecule has 0 saturated carbocycles. The fourth-order valence-electron chi connectivity index (χ4n) is 1.88. The number of anilines is 1. The van der Waals surface area contributed by atoms with Gasteiger partial charge in [0.15, 0.2) is 0 Å². The molecule has 0 atom stereocenters. The molecule has 0 aliphatic carbocycles. The number of methoxy groups -OCH3 is 1. The molecule has 2 aromatic rings. The molecule has 0 saturated heterocycles. The van der Waals surface area contributed by atoms with Crippen LogP contribution in [-0.4, -0.2) is 12.2 Å². The van der Waals surface area contributed by atoms with Crippen molar-refractivity contribution < 1.29 is 9.84 Å². The molecule has 0 bridgehead atoms. The van der Waals surface area contributed by atoms with Gasteiger partial charge >= 0.3 is 0 Å². The van der Waals surface area contributed by atoms with Crippen molar-refractivity contribution in [3.63, 3.8) is 0 Å². The Labute approximate surface area is 128 Å². The number of nitrogens with one attached hydrogen (secondary N) is 1. The minimum atomic E-state index is 0.162. The van der Waals surface area contributed by atoms with Crippen LogP contribution < -0.4 is 10.1 Å². The highest BCUT2D eigenvalue weighted by Gasteiger charge is 2.10. The Bertz CT molecular complexity index is 609. The minimum absolute atomic E-state index is 0.162. The Balaban J connectivity index is 2.25. The summed E-state index contributed by atoms with van der Waals surface area (Å²) in [5, 5.41) is 14.2. The smallest absolute Gasteiger partial charge is 0.143 e. The summed E-state index contributed by atoms with van der Waals surface area (Å²) in [5.74, 6) is 0.807. The Morgan fingerprint density at radius 1 is 1.20 bits per heavy atom. The number of rotatable bonds is 4. The molecule has 5 heteroatoms. The van der Waals surface area contributed by atoms with Crippen molar-refractivity contribution in [1.29, 1.82) is 0 Å². The zero-order valence-corrected chi connectivity index (χ0v) is 12.7. The highest BCUT2D eigenvalue weighted by molar-refractivity contribution is 6.32. The first-order chi connectivity index (χ1) is 9.52. The summed E-state index contributed by atoms with van der Waals surface area (Å²) in [6.45, 7) is 2.31. The van der Waals surface area contributed by atoms with Gasteiger partial charge in [0.05, 0.1) is 12.8 Å². The average Bonchev–Trinajstić information content (AvgIpc) is 2.41. The van der Waals surface area contributed by atoms with Crippen LogP contribution in [0.5, 0.6) is 11.5 Å². The molecule has 0 amide bonds. The van der Waals surface area contributed by atoms with Crippen LogP contribution in [0, 0.1) is 6.92 Å². The van der Waals surface area contributed by atoms with Gasteiger partial charge in [-0.25, -0.2) is 0 Å². The van der Waals surface area contributed by atoms with Crippen LogP contribution in [0.25, 0.3) is 0 Å². The van der Waals surface area contributed by atoms with Crippen molar-refractivity contribution in [2.45, 2.75) is 13.5 Å². The molecule has 0 radical (unpaired) electrons. The lowest BCUT2D eigenvalue weighted by Gasteiger charge is -2.14. The SMILES string of the molecule is COc1cc(Cl)c(C)cc1NCc1c(O)cccc1Cl. The maximum absolute atomic E-state index is 9.82. The van der Waals surface area contributed by atoms with E-state index < -0.39 is 0 Å². The summed E-state index contributed by atoms with van der Waals surface area (Å²) < 4.78 is 5.29. The number of aryl methyl sites for hydroxylation is 1. The Morgan fingerprint density at radius 2 is 1.95 bits per heavy atom. The van der Waals surface area contributed by atoms with Crippen LogP contribution in [0.3, 0.4) is 0 Å². The zero-order chi connectivity index (χ0) is 14.7. The van der Waals surface area contributed by atoms with Gasteiger partial charge in [0, 0.05) is 28.2 Å². The van der Waals surface area contributed by atoms with E-state index in [0.717, 1.165) is 11.3 Å². The third-order valence-electron chi connectivity index (χ3n) is 3.03. The molecule has 2 rings (SSSR count). The molecule has 0 spiro atoms. The van der Waals surface area contributed by atoms with Crippen molar-refractivity contribution in [2.24, 2.45) is 0 Å². The van der Waals surface area contributed by atoms with E-state index in [1.54, 1.807) is 31.4 Å². The van der Waals surface area contributed by atoms with Crippen LogP contribution in [0.2, 0.25) is 10.0 Å². The van der Waals surface area contributed by atoms with E-state index in [4.69, 9.17) is 27.9 Å². The van der Waals surface area contributed by atoms with Crippen molar-refractivity contribution in [1.82, 2.24) is 0 Å². The molecule has 0 aliphatic heterocycles. The molecule has 3 nitrogen and oxygen atoms in total. The second-order valence-corrected chi connectivity index (χ2v) is 5.21. The van der Waals surface area contributed by atoms with Gasteiger partial charge in [-0.15, -0.1) is 0 Å². The lowest BCUT2D eigenvalue weighted by Crippen LogP contribution is -2.03. The molecule has 0 heterocycles. The van der Waals surface area contributed by atoms with Gasteiger partial charge in [0.25, 0.3) is 0 Å². The topological polar surface area (TPSA) is 41.5 Å². The second-order valence-electron chi connectivity index (χ2n) is 4.39. The van der Waals surface area contributed by atoms with E-state index >= 15 is 0 Å². The number of aromatic hydroxyl groups is 1. The van der Waals surface area contributed by atoms with Crippen molar-refractivity contribution in [3.8, 4) is 11.5 Å². The predicted molar refractivity (Wildman–Crippen MR) is 83.2 cm³/mol. The summed E-state index contributed by atoms with van der Waals surface area (Å²) in [6, 6.07) is 8.70. The predicted octanol–water partition coefficient (Wildman–Crippen LogP) is 4.63. The van der Waals surface area contributed by atoms with E-state index in [-0.39, 0.29) is 5.75 Å². The van der Waals surface area contributed by atoms with E-state index in [1.807, 2.05) is 13.0 Å². The molecule has 0 aliphatic rings. The quantitative estimate of drug-likeness (QED) is 0.865. The molecule has 20 heavy (non-hydrogen) atoms. The Morgan fingerprint density at radius 3 is 2.60 bits per heavy atom. The first kappa shape index (κ1) is 14.8. The molecule has 2 N–H and O–H groups in total. The van der Waals surface area contributed by atoms with Gasteiger partial charge in [-0.05, 0) is 30.7 Å². The molecule has 0 fully saturated rings. The van der Waals surface area contributed by atoms with Crippen LogP contribution in [-0.2, 0) is 6.54 Å². The fraction of sp³-hybridized carbons (Fsp3) is 0.200. The summed E-state index contributed by atoms with van der Waals surface area (Å²) in [7, 11) is 1.58. The van der Waals surface area contributed by atoms with Gasteiger partial charge in [0.2, 0.25) is 0 Å². The molecular weight excluding hydrogens is 297 g/mol. The van der Waals surface area contributed by atoms with Crippen molar-refractivity contribution in [3.05, 3.63) is 51.5 Å². The third-order valence-corrected chi connectivity index (χ3v) is 3.79. The lowest BCUT2D eigenvalue weighted by molar-refractivity contribution is 0.416. The van der Waals surface area contributed by atoms with Crippen LogP contribution in [0.15, 0.2) is 30.3 Å². The number of benzene rings is 2. The molecule has 0 unspecified atom stereocenters. The van der Waals surface area contributed by atoms with Gasteiger partial charge < -0.3 is 15.2 Å². The monoisotopic (exact) mass is 311 g/mol. The summed E-state index contributed by atoms with van der Waals surface area (Å²) >= 11 is 12.1. The molecule has 0 aromatic heterocycles. The maximum Gasteiger partial charge on any atom is 0.143 e. The highest BCUT2D eigenvalue weighted by Crippen LogP contribution is 2.32. The van der Waals surface area contributed by atoms with Crippen LogP contribution in [0.1, 0.15) is 11.1 Å². The van der Waals surface area contributed by atoms with E-state index in [9.17, 15) is 5.11 Å². The van der Waals surface area contributed by atoms with Crippen LogP contribution >= 0.6 is 23.2 Å².